The van der Waals surface area contributed by atoms with Gasteiger partial charge in [-0.15, -0.1) is 0 Å². The Morgan fingerprint density at radius 2 is 1.94 bits per heavy atom. The number of ether oxygens (including phenoxy) is 1. The molecule has 2 aliphatic rings. The molecule has 1 aliphatic heterocycles. The summed E-state index contributed by atoms with van der Waals surface area (Å²) in [6.07, 6.45) is 8.40. The van der Waals surface area contributed by atoms with E-state index in [9.17, 15) is 0 Å². The maximum atomic E-state index is 6.29. The van der Waals surface area contributed by atoms with E-state index in [1.807, 2.05) is 0 Å². The number of nitrogens with one attached hydrogen (secondary N) is 1. The van der Waals surface area contributed by atoms with Crippen molar-refractivity contribution >= 4 is 0 Å². The highest BCUT2D eigenvalue weighted by Gasteiger charge is 2.41. The summed E-state index contributed by atoms with van der Waals surface area (Å²) < 4.78 is 6.29. The second-order valence-corrected chi connectivity index (χ2v) is 5.91. The lowest BCUT2D eigenvalue weighted by Crippen LogP contribution is -2.58. The van der Waals surface area contributed by atoms with Gasteiger partial charge in [0.15, 0.2) is 0 Å². The standard InChI is InChI=1S/C14H27NO/c1-4-5-13-6-8-14(9-7-13)10-15-11(2)12(3)16-14/h11-13,15H,4-10H2,1-3H3. The number of hydrogen-bond donors (Lipinski definition) is 1. The van der Waals surface area contributed by atoms with Crippen LogP contribution in [0.1, 0.15) is 59.3 Å². The minimum absolute atomic E-state index is 0.177. The van der Waals surface area contributed by atoms with Crippen molar-refractivity contribution in [3.63, 3.8) is 0 Å². The van der Waals surface area contributed by atoms with E-state index < -0.39 is 0 Å². The highest BCUT2D eigenvalue weighted by atomic mass is 16.5. The SMILES string of the molecule is CCCC1CCC2(CC1)CNC(C)C(C)O2. The van der Waals surface area contributed by atoms with E-state index >= 15 is 0 Å². The van der Waals surface area contributed by atoms with E-state index in [1.165, 1.54) is 38.5 Å². The summed E-state index contributed by atoms with van der Waals surface area (Å²) >= 11 is 0. The zero-order valence-corrected chi connectivity index (χ0v) is 11.1. The molecule has 2 fully saturated rings. The Bertz CT molecular complexity index is 221. The zero-order chi connectivity index (χ0) is 11.6. The van der Waals surface area contributed by atoms with Crippen molar-refractivity contribution in [2.75, 3.05) is 6.54 Å². The monoisotopic (exact) mass is 225 g/mol. The van der Waals surface area contributed by atoms with Gasteiger partial charge in [-0.1, -0.05) is 19.8 Å². The van der Waals surface area contributed by atoms with Crippen molar-refractivity contribution in [1.82, 2.24) is 5.32 Å². The summed E-state index contributed by atoms with van der Waals surface area (Å²) in [5.74, 6) is 0.967. The first-order chi connectivity index (χ1) is 7.65. The van der Waals surface area contributed by atoms with Crippen LogP contribution in [0, 0.1) is 5.92 Å². The molecular formula is C14H27NO. The number of hydrogen-bond acceptors (Lipinski definition) is 2. The fourth-order valence-corrected chi connectivity index (χ4v) is 3.25. The molecule has 0 aromatic carbocycles. The van der Waals surface area contributed by atoms with Crippen molar-refractivity contribution in [3.8, 4) is 0 Å². The zero-order valence-electron chi connectivity index (χ0n) is 11.1. The largest absolute Gasteiger partial charge is 0.369 e. The molecule has 2 heteroatoms. The van der Waals surface area contributed by atoms with Gasteiger partial charge in [-0.25, -0.2) is 0 Å². The first kappa shape index (κ1) is 12.4. The quantitative estimate of drug-likeness (QED) is 0.779. The molecule has 16 heavy (non-hydrogen) atoms. The number of rotatable bonds is 2. The van der Waals surface area contributed by atoms with Gasteiger partial charge in [0, 0.05) is 12.6 Å². The molecule has 2 atom stereocenters. The Balaban J connectivity index is 1.87. The van der Waals surface area contributed by atoms with Crippen molar-refractivity contribution < 1.29 is 4.74 Å². The number of morpholine rings is 1. The molecule has 1 saturated heterocycles. The third-order valence-corrected chi connectivity index (χ3v) is 4.60. The van der Waals surface area contributed by atoms with Gasteiger partial charge in [-0.3, -0.25) is 0 Å². The summed E-state index contributed by atoms with van der Waals surface area (Å²) in [6, 6.07) is 0.513. The molecule has 2 rings (SSSR count). The third-order valence-electron chi connectivity index (χ3n) is 4.60. The van der Waals surface area contributed by atoms with Crippen molar-refractivity contribution in [3.05, 3.63) is 0 Å². The Morgan fingerprint density at radius 3 is 2.50 bits per heavy atom. The predicted molar refractivity (Wildman–Crippen MR) is 67.6 cm³/mol. The van der Waals surface area contributed by atoms with Gasteiger partial charge in [0.05, 0.1) is 11.7 Å². The van der Waals surface area contributed by atoms with Gasteiger partial charge >= 0.3 is 0 Å². The van der Waals surface area contributed by atoms with Gasteiger partial charge in [0.1, 0.15) is 0 Å². The minimum Gasteiger partial charge on any atom is -0.369 e. The van der Waals surface area contributed by atoms with Crippen LogP contribution in [-0.4, -0.2) is 24.3 Å². The molecule has 1 aliphatic carbocycles. The molecule has 1 saturated carbocycles. The molecule has 1 heterocycles. The Kier molecular flexibility index (Phi) is 3.91. The van der Waals surface area contributed by atoms with Crippen LogP contribution in [0.15, 0.2) is 0 Å². The molecular weight excluding hydrogens is 198 g/mol. The van der Waals surface area contributed by atoms with Gasteiger partial charge in [0.25, 0.3) is 0 Å². The van der Waals surface area contributed by atoms with E-state index in [-0.39, 0.29) is 5.60 Å². The van der Waals surface area contributed by atoms with Crippen LogP contribution in [0.25, 0.3) is 0 Å². The summed E-state index contributed by atoms with van der Waals surface area (Å²) in [6.45, 7) is 7.79. The van der Waals surface area contributed by atoms with Gasteiger partial charge in [-0.2, -0.15) is 0 Å². The molecule has 2 nitrogen and oxygen atoms in total. The topological polar surface area (TPSA) is 21.3 Å². The fraction of sp³-hybridized carbons (Fsp3) is 1.00. The van der Waals surface area contributed by atoms with Crippen molar-refractivity contribution in [2.45, 2.75) is 77.0 Å². The van der Waals surface area contributed by atoms with E-state index in [0.29, 0.717) is 12.1 Å². The summed E-state index contributed by atoms with van der Waals surface area (Å²) in [5, 5.41) is 3.61. The van der Waals surface area contributed by atoms with Crippen LogP contribution in [0.2, 0.25) is 0 Å². The lowest BCUT2D eigenvalue weighted by Gasteiger charge is -2.47. The lowest BCUT2D eigenvalue weighted by atomic mass is 9.76. The third kappa shape index (κ3) is 2.60. The van der Waals surface area contributed by atoms with Crippen LogP contribution in [0.3, 0.4) is 0 Å². The van der Waals surface area contributed by atoms with E-state index in [0.717, 1.165) is 12.5 Å². The van der Waals surface area contributed by atoms with Crippen LogP contribution in [0.5, 0.6) is 0 Å². The molecule has 0 bridgehead atoms. The Labute approximate surface area is 100 Å². The average molecular weight is 225 g/mol. The molecule has 0 amide bonds. The smallest absolute Gasteiger partial charge is 0.0811 e. The van der Waals surface area contributed by atoms with Gasteiger partial charge in [0.2, 0.25) is 0 Å². The molecule has 1 spiro atoms. The minimum atomic E-state index is 0.177. The second kappa shape index (κ2) is 5.05. The normalized spacial score (nSPS) is 44.8. The first-order valence-electron chi connectivity index (χ1n) is 7.06. The second-order valence-electron chi connectivity index (χ2n) is 5.91. The van der Waals surface area contributed by atoms with Gasteiger partial charge in [-0.05, 0) is 45.4 Å². The lowest BCUT2D eigenvalue weighted by molar-refractivity contribution is -0.146. The molecule has 0 aromatic heterocycles. The predicted octanol–water partition coefficient (Wildman–Crippen LogP) is 3.11. The highest BCUT2D eigenvalue weighted by molar-refractivity contribution is 4.94. The molecule has 0 aromatic rings. The first-order valence-corrected chi connectivity index (χ1v) is 7.06. The average Bonchev–Trinajstić information content (AvgIpc) is 2.28. The van der Waals surface area contributed by atoms with Crippen LogP contribution < -0.4 is 5.32 Å². The maximum Gasteiger partial charge on any atom is 0.0811 e. The Hall–Kier alpha value is -0.0800. The van der Waals surface area contributed by atoms with E-state index in [2.05, 4.69) is 26.1 Å². The van der Waals surface area contributed by atoms with Gasteiger partial charge < -0.3 is 10.1 Å². The van der Waals surface area contributed by atoms with E-state index in [4.69, 9.17) is 4.74 Å². The molecule has 94 valence electrons. The van der Waals surface area contributed by atoms with Crippen LogP contribution in [-0.2, 0) is 4.74 Å². The summed E-state index contributed by atoms with van der Waals surface area (Å²) in [5.41, 5.74) is 0.177. The Morgan fingerprint density at radius 1 is 1.25 bits per heavy atom. The van der Waals surface area contributed by atoms with Crippen molar-refractivity contribution in [2.24, 2.45) is 5.92 Å². The molecule has 1 N–H and O–H groups in total. The van der Waals surface area contributed by atoms with Crippen LogP contribution >= 0.6 is 0 Å². The van der Waals surface area contributed by atoms with Crippen molar-refractivity contribution in [1.29, 1.82) is 0 Å². The summed E-state index contributed by atoms with van der Waals surface area (Å²) in [4.78, 5) is 0. The van der Waals surface area contributed by atoms with E-state index in [1.54, 1.807) is 0 Å². The fourth-order valence-electron chi connectivity index (χ4n) is 3.25. The highest BCUT2D eigenvalue weighted by Crippen LogP contribution is 2.38. The summed E-state index contributed by atoms with van der Waals surface area (Å²) in [7, 11) is 0. The molecule has 0 radical (unpaired) electrons. The molecule has 2 unspecified atom stereocenters. The van der Waals surface area contributed by atoms with Crippen LogP contribution in [0.4, 0.5) is 0 Å². The maximum absolute atomic E-state index is 6.29.